The molecule has 1 heterocycles. The molecule has 31 heavy (non-hydrogen) atoms. The quantitative estimate of drug-likeness (QED) is 0.470. The van der Waals surface area contributed by atoms with E-state index in [4.69, 9.17) is 9.88 Å². The molecule has 0 atom stereocenters. The molecule has 0 spiro atoms. The minimum Gasteiger partial charge on any atom is -0.478 e. The van der Waals surface area contributed by atoms with E-state index in [0.29, 0.717) is 22.1 Å². The second kappa shape index (κ2) is 11.4. The Morgan fingerprint density at radius 3 is 2.68 bits per heavy atom. The molecule has 3 N–H and O–H groups in total. The summed E-state index contributed by atoms with van der Waals surface area (Å²) in [6.07, 6.45) is 4.40. The fourth-order valence-electron chi connectivity index (χ4n) is 3.75. The summed E-state index contributed by atoms with van der Waals surface area (Å²) >= 11 is 0.930. The third-order valence-electron chi connectivity index (χ3n) is 5.43. The van der Waals surface area contributed by atoms with Crippen LogP contribution in [-0.4, -0.2) is 48.7 Å². The van der Waals surface area contributed by atoms with E-state index in [0.717, 1.165) is 57.5 Å². The lowest BCUT2D eigenvalue weighted by Crippen LogP contribution is -2.35. The Morgan fingerprint density at radius 1 is 1.26 bits per heavy atom. The first kappa shape index (κ1) is 23.4. The van der Waals surface area contributed by atoms with Crippen LogP contribution < -0.4 is 14.8 Å². The summed E-state index contributed by atoms with van der Waals surface area (Å²) in [4.78, 5) is 16.9. The predicted molar refractivity (Wildman–Crippen MR) is 123 cm³/mol. The molecular weight excluding hydrogens is 417 g/mol. The van der Waals surface area contributed by atoms with Gasteiger partial charge in [0.05, 0.1) is 16.1 Å². The molecule has 168 valence electrons. The van der Waals surface area contributed by atoms with Crippen molar-refractivity contribution in [2.75, 3.05) is 37.6 Å². The van der Waals surface area contributed by atoms with E-state index in [1.54, 1.807) is 18.2 Å². The first-order valence-corrected chi connectivity index (χ1v) is 11.6. The van der Waals surface area contributed by atoms with Gasteiger partial charge in [-0.2, -0.15) is 0 Å². The number of anilines is 1. The van der Waals surface area contributed by atoms with Gasteiger partial charge in [0.1, 0.15) is 11.6 Å². The average Bonchev–Trinajstić information content (AvgIpc) is 3.27. The number of hydrogen-bond donors (Lipinski definition) is 2. The standard InChI is InChI=1S/C23H30FN3O3S/c1-2-3-11-27(13-12-26-9-4-5-10-26)20-14-17(23(28)29)15-21(31-25)22(20)30-19-8-6-7-18(24)16-19/h6-8,14-16H,2-5,9-13,25H2,1H3,(H,28,29). The van der Waals surface area contributed by atoms with Gasteiger partial charge in [0.25, 0.3) is 0 Å². The molecule has 1 saturated heterocycles. The van der Waals surface area contributed by atoms with Crippen LogP contribution in [0.3, 0.4) is 0 Å². The Hall–Kier alpha value is -2.29. The maximum atomic E-state index is 13.7. The van der Waals surface area contributed by atoms with Crippen molar-refractivity contribution >= 4 is 23.6 Å². The number of unbranched alkanes of at least 4 members (excludes halogenated alkanes) is 1. The minimum atomic E-state index is -1.02. The van der Waals surface area contributed by atoms with Gasteiger partial charge in [-0.1, -0.05) is 19.4 Å². The molecule has 0 bridgehead atoms. The van der Waals surface area contributed by atoms with Crippen molar-refractivity contribution in [3.8, 4) is 11.5 Å². The second-order valence-electron chi connectivity index (χ2n) is 7.69. The molecule has 3 rings (SSSR count). The van der Waals surface area contributed by atoms with Crippen molar-refractivity contribution in [2.45, 2.75) is 37.5 Å². The molecule has 0 saturated carbocycles. The summed E-state index contributed by atoms with van der Waals surface area (Å²) in [5.74, 6) is -0.626. The number of nitrogens with two attached hydrogens (primary N) is 1. The maximum absolute atomic E-state index is 13.7. The monoisotopic (exact) mass is 447 g/mol. The largest absolute Gasteiger partial charge is 0.478 e. The molecule has 0 aliphatic carbocycles. The number of rotatable bonds is 11. The molecule has 0 amide bonds. The third kappa shape index (κ3) is 6.35. The van der Waals surface area contributed by atoms with E-state index in [1.165, 1.54) is 31.0 Å². The van der Waals surface area contributed by atoms with Crippen molar-refractivity contribution in [2.24, 2.45) is 5.14 Å². The summed E-state index contributed by atoms with van der Waals surface area (Å²) in [6.45, 7) is 6.71. The van der Waals surface area contributed by atoms with Crippen LogP contribution in [0.15, 0.2) is 41.3 Å². The fraction of sp³-hybridized carbons (Fsp3) is 0.435. The van der Waals surface area contributed by atoms with Crippen molar-refractivity contribution in [1.29, 1.82) is 0 Å². The molecule has 0 aromatic heterocycles. The molecule has 0 unspecified atom stereocenters. The van der Waals surface area contributed by atoms with Gasteiger partial charge in [-0.25, -0.2) is 9.18 Å². The first-order valence-electron chi connectivity index (χ1n) is 10.7. The van der Waals surface area contributed by atoms with Crippen molar-refractivity contribution in [3.05, 3.63) is 47.8 Å². The van der Waals surface area contributed by atoms with Crippen LogP contribution in [-0.2, 0) is 0 Å². The van der Waals surface area contributed by atoms with Crippen LogP contribution in [0.1, 0.15) is 43.0 Å². The van der Waals surface area contributed by atoms with Gasteiger partial charge >= 0.3 is 5.97 Å². The van der Waals surface area contributed by atoms with Crippen LogP contribution >= 0.6 is 11.9 Å². The van der Waals surface area contributed by atoms with Crippen LogP contribution in [0.5, 0.6) is 11.5 Å². The van der Waals surface area contributed by atoms with Crippen LogP contribution in [0.2, 0.25) is 0 Å². The Labute approximate surface area is 187 Å². The van der Waals surface area contributed by atoms with E-state index < -0.39 is 11.8 Å². The molecule has 8 heteroatoms. The highest BCUT2D eigenvalue weighted by Gasteiger charge is 2.22. The highest BCUT2D eigenvalue weighted by atomic mass is 32.2. The van der Waals surface area contributed by atoms with Gasteiger partial charge in [0.15, 0.2) is 5.75 Å². The van der Waals surface area contributed by atoms with E-state index in [-0.39, 0.29) is 5.56 Å². The lowest BCUT2D eigenvalue weighted by molar-refractivity contribution is 0.0696. The number of benzene rings is 2. The average molecular weight is 448 g/mol. The van der Waals surface area contributed by atoms with E-state index >= 15 is 0 Å². The van der Waals surface area contributed by atoms with Crippen LogP contribution in [0, 0.1) is 5.82 Å². The molecule has 0 radical (unpaired) electrons. The van der Waals surface area contributed by atoms with E-state index in [9.17, 15) is 14.3 Å². The highest BCUT2D eigenvalue weighted by molar-refractivity contribution is 7.97. The maximum Gasteiger partial charge on any atom is 0.335 e. The Morgan fingerprint density at radius 2 is 2.03 bits per heavy atom. The number of ether oxygens (including phenoxy) is 1. The number of nitrogens with zero attached hydrogens (tertiary/aromatic N) is 2. The number of carboxylic acids is 1. The summed E-state index contributed by atoms with van der Waals surface area (Å²) in [5, 5.41) is 15.5. The Kier molecular flexibility index (Phi) is 8.57. The topological polar surface area (TPSA) is 79.0 Å². The van der Waals surface area contributed by atoms with Crippen molar-refractivity contribution in [1.82, 2.24) is 4.90 Å². The normalized spacial score (nSPS) is 14.0. The van der Waals surface area contributed by atoms with E-state index in [1.807, 2.05) is 0 Å². The van der Waals surface area contributed by atoms with Gasteiger partial charge in [-0.3, -0.25) is 5.14 Å². The number of halogens is 1. The summed E-state index contributed by atoms with van der Waals surface area (Å²) in [5.41, 5.74) is 0.821. The highest BCUT2D eigenvalue weighted by Crippen LogP contribution is 2.41. The zero-order chi connectivity index (χ0) is 22.2. The fourth-order valence-corrected chi connectivity index (χ4v) is 4.20. The van der Waals surface area contributed by atoms with Gasteiger partial charge < -0.3 is 19.6 Å². The van der Waals surface area contributed by atoms with Gasteiger partial charge in [0, 0.05) is 25.7 Å². The molecule has 6 nitrogen and oxygen atoms in total. The number of aromatic carboxylic acids is 1. The van der Waals surface area contributed by atoms with Crippen LogP contribution in [0.4, 0.5) is 10.1 Å². The van der Waals surface area contributed by atoms with Gasteiger partial charge in [-0.15, -0.1) is 0 Å². The number of likely N-dealkylation sites (tertiary alicyclic amines) is 1. The summed E-state index contributed by atoms with van der Waals surface area (Å²) in [7, 11) is 0. The Bertz CT molecular complexity index is 890. The number of carboxylic acid groups (broad SMARTS) is 1. The Balaban J connectivity index is 2.00. The molecule has 1 fully saturated rings. The van der Waals surface area contributed by atoms with Crippen LogP contribution in [0.25, 0.3) is 0 Å². The molecule has 1 aliphatic heterocycles. The van der Waals surface area contributed by atoms with Crippen molar-refractivity contribution < 1.29 is 19.0 Å². The molecule has 2 aromatic rings. The second-order valence-corrected chi connectivity index (χ2v) is 8.37. The third-order valence-corrected chi connectivity index (χ3v) is 5.99. The lowest BCUT2D eigenvalue weighted by atomic mass is 10.1. The van der Waals surface area contributed by atoms with Gasteiger partial charge in [-0.05, 0) is 68.6 Å². The number of carbonyl (C=O) groups is 1. The first-order chi connectivity index (χ1) is 15.0. The van der Waals surface area contributed by atoms with Gasteiger partial charge in [0.2, 0.25) is 0 Å². The predicted octanol–water partition coefficient (Wildman–Crippen LogP) is 4.98. The summed E-state index contributed by atoms with van der Waals surface area (Å²) in [6, 6.07) is 9.04. The molecule has 2 aromatic carbocycles. The molecule has 1 aliphatic rings. The van der Waals surface area contributed by atoms with Crippen molar-refractivity contribution in [3.63, 3.8) is 0 Å². The zero-order valence-corrected chi connectivity index (χ0v) is 18.7. The summed E-state index contributed by atoms with van der Waals surface area (Å²) < 4.78 is 19.8. The zero-order valence-electron chi connectivity index (χ0n) is 17.8. The SMILES string of the molecule is CCCCN(CCN1CCCC1)c1cc(C(=O)O)cc(SN)c1Oc1cccc(F)c1. The minimum absolute atomic E-state index is 0.150. The van der Waals surface area contributed by atoms with E-state index in [2.05, 4.69) is 16.7 Å². The smallest absolute Gasteiger partial charge is 0.335 e. The molecular formula is C23H30FN3O3S. The number of hydrogen-bond acceptors (Lipinski definition) is 6. The lowest BCUT2D eigenvalue weighted by Gasteiger charge is -2.30.